The van der Waals surface area contributed by atoms with Crippen molar-refractivity contribution >= 4 is 17.5 Å². The van der Waals surface area contributed by atoms with Gasteiger partial charge in [0.2, 0.25) is 5.82 Å². The van der Waals surface area contributed by atoms with Gasteiger partial charge in [0, 0.05) is 38.0 Å². The van der Waals surface area contributed by atoms with E-state index in [1.807, 2.05) is 6.92 Å². The summed E-state index contributed by atoms with van der Waals surface area (Å²) in [5.41, 5.74) is 1.35. The number of benzene rings is 1. The average molecular weight is 414 g/mol. The number of aromatic nitrogens is 2. The first-order valence-electron chi connectivity index (χ1n) is 10.1. The van der Waals surface area contributed by atoms with Crippen LogP contribution >= 0.6 is 0 Å². The second-order valence-corrected chi connectivity index (χ2v) is 7.43. The molecule has 1 aromatic heterocycles. The van der Waals surface area contributed by atoms with Crippen molar-refractivity contribution in [3.63, 3.8) is 0 Å². The highest BCUT2D eigenvalue weighted by Crippen LogP contribution is 2.35. The van der Waals surface area contributed by atoms with Crippen molar-refractivity contribution < 1.29 is 28.3 Å². The van der Waals surface area contributed by atoms with Crippen molar-refractivity contribution in [2.45, 2.75) is 25.6 Å². The maximum absolute atomic E-state index is 12.8. The Morgan fingerprint density at radius 3 is 2.70 bits per heavy atom. The molecule has 5 rings (SSSR count). The zero-order chi connectivity index (χ0) is 20.7. The van der Waals surface area contributed by atoms with E-state index in [4.69, 9.17) is 18.7 Å². The summed E-state index contributed by atoms with van der Waals surface area (Å²) in [7, 11) is 0. The number of fused-ring (bicyclic) bond motifs is 1. The number of nitrogens with zero attached hydrogens (tertiary/aromatic N) is 4. The number of likely N-dealkylation sites (N-methyl/N-ethyl adjacent to an activating group) is 1. The first-order valence-corrected chi connectivity index (χ1v) is 10.1. The monoisotopic (exact) mass is 414 g/mol. The lowest BCUT2D eigenvalue weighted by Crippen LogP contribution is -2.47. The van der Waals surface area contributed by atoms with Crippen molar-refractivity contribution in [3.8, 4) is 17.1 Å². The summed E-state index contributed by atoms with van der Waals surface area (Å²) >= 11 is 0. The lowest BCUT2D eigenvalue weighted by atomic mass is 10.0. The molecule has 158 valence electrons. The van der Waals surface area contributed by atoms with Gasteiger partial charge in [-0.3, -0.25) is 9.59 Å². The molecule has 0 radical (unpaired) electrons. The molecule has 3 aliphatic rings. The van der Waals surface area contributed by atoms with E-state index in [2.05, 4.69) is 10.1 Å². The van der Waals surface area contributed by atoms with E-state index in [1.54, 1.807) is 28.0 Å². The number of anilines is 1. The Kier molecular flexibility index (Phi) is 4.67. The molecular formula is C20H22N4O6. The molecule has 0 atom stereocenters. The summed E-state index contributed by atoms with van der Waals surface area (Å²) in [4.78, 5) is 32.4. The molecule has 1 aromatic carbocycles. The number of hydrogen-bond donors (Lipinski definition) is 0. The molecule has 0 unspecified atom stereocenters. The van der Waals surface area contributed by atoms with Gasteiger partial charge in [-0.25, -0.2) is 0 Å². The molecule has 10 heteroatoms. The van der Waals surface area contributed by atoms with Crippen LogP contribution in [0, 0.1) is 0 Å². The number of likely N-dealkylation sites (tertiary alicyclic amines) is 1. The summed E-state index contributed by atoms with van der Waals surface area (Å²) < 4.78 is 22.2. The Morgan fingerprint density at radius 1 is 1.20 bits per heavy atom. The van der Waals surface area contributed by atoms with Crippen molar-refractivity contribution in [2.75, 3.05) is 44.4 Å². The van der Waals surface area contributed by atoms with Crippen LogP contribution in [0.5, 0.6) is 5.75 Å². The standard InChI is InChI=1S/C20H22N4O6/c1-2-24-14-4-3-13(11-15(14)27-12-16(24)25)17-21-18(30-22-17)19(26)23-7-5-20(6-8-23)28-9-10-29-20/h3-4,11H,2,5-10,12H2,1H3. The lowest BCUT2D eigenvalue weighted by molar-refractivity contribution is -0.181. The predicted octanol–water partition coefficient (Wildman–Crippen LogP) is 1.46. The fraction of sp³-hybridized carbons (Fsp3) is 0.500. The Bertz CT molecular complexity index is 973. The van der Waals surface area contributed by atoms with Crippen LogP contribution in [0.3, 0.4) is 0 Å². The Labute approximate surface area is 172 Å². The number of piperidine rings is 1. The van der Waals surface area contributed by atoms with Gasteiger partial charge in [-0.15, -0.1) is 0 Å². The number of rotatable bonds is 3. The van der Waals surface area contributed by atoms with Crippen molar-refractivity contribution in [2.24, 2.45) is 0 Å². The topological polar surface area (TPSA) is 107 Å². The quantitative estimate of drug-likeness (QED) is 0.743. The highest BCUT2D eigenvalue weighted by molar-refractivity contribution is 5.98. The third-order valence-corrected chi connectivity index (χ3v) is 5.71. The highest BCUT2D eigenvalue weighted by atomic mass is 16.7. The molecule has 0 saturated carbocycles. The molecule has 30 heavy (non-hydrogen) atoms. The number of carbonyl (C=O) groups excluding carboxylic acids is 2. The van der Waals surface area contributed by atoms with E-state index in [1.165, 1.54) is 0 Å². The van der Waals surface area contributed by atoms with Gasteiger partial charge in [0.25, 0.3) is 5.91 Å². The van der Waals surface area contributed by atoms with Crippen LogP contribution in [0.25, 0.3) is 11.4 Å². The van der Waals surface area contributed by atoms with E-state index < -0.39 is 5.79 Å². The number of carbonyl (C=O) groups is 2. The molecule has 0 aliphatic carbocycles. The van der Waals surface area contributed by atoms with Crippen LogP contribution in [-0.4, -0.2) is 72.1 Å². The molecule has 2 fully saturated rings. The van der Waals surface area contributed by atoms with E-state index in [9.17, 15) is 9.59 Å². The molecule has 2 saturated heterocycles. The first-order chi connectivity index (χ1) is 14.6. The van der Waals surface area contributed by atoms with E-state index in [0.29, 0.717) is 68.5 Å². The summed E-state index contributed by atoms with van der Waals surface area (Å²) in [6.45, 7) is 4.65. The number of amides is 2. The summed E-state index contributed by atoms with van der Waals surface area (Å²) in [5.74, 6) is -0.128. The van der Waals surface area contributed by atoms with Crippen molar-refractivity contribution in [3.05, 3.63) is 24.1 Å². The van der Waals surface area contributed by atoms with Gasteiger partial charge in [0.05, 0.1) is 18.9 Å². The minimum Gasteiger partial charge on any atom is -0.482 e. The molecule has 0 bridgehead atoms. The first kappa shape index (κ1) is 19.0. The minimum absolute atomic E-state index is 0.00977. The van der Waals surface area contributed by atoms with Gasteiger partial charge in [-0.1, -0.05) is 5.16 Å². The molecule has 2 aromatic rings. The van der Waals surface area contributed by atoms with Crippen LogP contribution < -0.4 is 9.64 Å². The van der Waals surface area contributed by atoms with Gasteiger partial charge in [0.1, 0.15) is 5.75 Å². The normalized spacial score (nSPS) is 20.4. The summed E-state index contributed by atoms with van der Waals surface area (Å²) in [5, 5.41) is 3.96. The fourth-order valence-corrected chi connectivity index (χ4v) is 4.09. The predicted molar refractivity (Wildman–Crippen MR) is 103 cm³/mol. The SMILES string of the molecule is CCN1C(=O)COc2cc(-c3noc(C(=O)N4CCC5(CC4)OCCO5)n3)ccc21. The van der Waals surface area contributed by atoms with Gasteiger partial charge >= 0.3 is 11.8 Å². The molecule has 1 spiro atoms. The molecule has 4 heterocycles. The minimum atomic E-state index is -0.548. The largest absolute Gasteiger partial charge is 0.482 e. The Morgan fingerprint density at radius 2 is 1.97 bits per heavy atom. The zero-order valence-corrected chi connectivity index (χ0v) is 16.6. The van der Waals surface area contributed by atoms with Gasteiger partial charge in [0.15, 0.2) is 12.4 Å². The zero-order valence-electron chi connectivity index (χ0n) is 16.6. The average Bonchev–Trinajstić information content (AvgIpc) is 3.44. The maximum Gasteiger partial charge on any atom is 0.316 e. The van der Waals surface area contributed by atoms with E-state index >= 15 is 0 Å². The second-order valence-electron chi connectivity index (χ2n) is 7.43. The molecule has 2 amide bonds. The van der Waals surface area contributed by atoms with E-state index in [0.717, 1.165) is 0 Å². The Hall–Kier alpha value is -2.98. The molecule has 3 aliphatic heterocycles. The second kappa shape index (κ2) is 7.37. The van der Waals surface area contributed by atoms with Crippen LogP contribution in [0.15, 0.2) is 22.7 Å². The van der Waals surface area contributed by atoms with Gasteiger partial charge in [-0.2, -0.15) is 4.98 Å². The molecule has 0 N–H and O–H groups in total. The van der Waals surface area contributed by atoms with Gasteiger partial charge in [-0.05, 0) is 25.1 Å². The highest BCUT2D eigenvalue weighted by Gasteiger charge is 2.41. The summed E-state index contributed by atoms with van der Waals surface area (Å²) in [6, 6.07) is 5.32. The maximum atomic E-state index is 12.8. The van der Waals surface area contributed by atoms with Crippen molar-refractivity contribution in [1.29, 1.82) is 0 Å². The Balaban J connectivity index is 1.31. The van der Waals surface area contributed by atoms with Crippen molar-refractivity contribution in [1.82, 2.24) is 15.0 Å². The van der Waals surface area contributed by atoms with Crippen LogP contribution in [0.4, 0.5) is 5.69 Å². The van der Waals surface area contributed by atoms with Crippen LogP contribution in [-0.2, 0) is 14.3 Å². The third kappa shape index (κ3) is 3.21. The number of hydrogen-bond acceptors (Lipinski definition) is 8. The number of ether oxygens (including phenoxy) is 3. The van der Waals surface area contributed by atoms with Gasteiger partial charge < -0.3 is 28.5 Å². The van der Waals surface area contributed by atoms with E-state index in [-0.39, 0.29) is 24.3 Å². The third-order valence-electron chi connectivity index (χ3n) is 5.71. The smallest absolute Gasteiger partial charge is 0.316 e. The fourth-order valence-electron chi connectivity index (χ4n) is 4.09. The van der Waals surface area contributed by atoms with Crippen LogP contribution in [0.1, 0.15) is 30.5 Å². The summed E-state index contributed by atoms with van der Waals surface area (Å²) in [6.07, 6.45) is 1.24. The van der Waals surface area contributed by atoms with Crippen LogP contribution in [0.2, 0.25) is 0 Å². The molecule has 10 nitrogen and oxygen atoms in total. The lowest BCUT2D eigenvalue weighted by Gasteiger charge is -2.36. The molecular weight excluding hydrogens is 392 g/mol.